The van der Waals surface area contributed by atoms with Crippen molar-refractivity contribution in [1.29, 1.82) is 0 Å². The summed E-state index contributed by atoms with van der Waals surface area (Å²) >= 11 is 0. The van der Waals surface area contributed by atoms with Crippen molar-refractivity contribution in [3.05, 3.63) is 12.2 Å². The Labute approximate surface area is 115 Å². The first kappa shape index (κ1) is 17.7. The second kappa shape index (κ2) is 16.7. The maximum absolute atomic E-state index is 4.53. The molecule has 0 amide bonds. The summed E-state index contributed by atoms with van der Waals surface area (Å²) in [7, 11) is 0. The number of nitrogens with zero attached hydrogens (tertiary/aromatic N) is 1. The van der Waals surface area contributed by atoms with E-state index in [1.807, 2.05) is 0 Å². The molecule has 18 heavy (non-hydrogen) atoms. The van der Waals surface area contributed by atoms with E-state index in [4.69, 9.17) is 0 Å². The summed E-state index contributed by atoms with van der Waals surface area (Å²) in [5.41, 5.74) is 0. The average molecular weight is 252 g/mol. The van der Waals surface area contributed by atoms with Crippen LogP contribution in [-0.2, 0) is 0 Å². The van der Waals surface area contributed by atoms with E-state index in [1.54, 1.807) is 0 Å². The van der Waals surface area contributed by atoms with E-state index in [9.17, 15) is 0 Å². The normalized spacial score (nSPS) is 11.4. The smallest absolute Gasteiger partial charge is 0.0133 e. The first-order chi connectivity index (χ1) is 8.91. The zero-order chi connectivity index (χ0) is 13.3. The van der Waals surface area contributed by atoms with Gasteiger partial charge >= 0.3 is 0 Å². The molecule has 1 radical (unpaired) electrons. The predicted molar refractivity (Wildman–Crippen MR) is 83.1 cm³/mol. The van der Waals surface area contributed by atoms with Crippen LogP contribution in [0.1, 0.15) is 84.5 Å². The number of hydrogen-bond acceptors (Lipinski definition) is 0. The van der Waals surface area contributed by atoms with E-state index >= 15 is 0 Å². The first-order valence-electron chi connectivity index (χ1n) is 8.20. The highest BCUT2D eigenvalue weighted by molar-refractivity contribution is 4.81. The van der Waals surface area contributed by atoms with Crippen molar-refractivity contribution < 1.29 is 0 Å². The van der Waals surface area contributed by atoms with Crippen LogP contribution in [0.15, 0.2) is 12.2 Å². The molecule has 0 aliphatic heterocycles. The van der Waals surface area contributed by atoms with Gasteiger partial charge in [-0.3, -0.25) is 0 Å². The van der Waals surface area contributed by atoms with Crippen LogP contribution in [0.2, 0.25) is 0 Å². The zero-order valence-electron chi connectivity index (χ0n) is 12.8. The molecule has 0 saturated heterocycles. The molecule has 0 aromatic carbocycles. The molecule has 0 bridgehead atoms. The minimum Gasteiger partial charge on any atom is -0.242 e. The molecule has 0 atom stereocenters. The van der Waals surface area contributed by atoms with Gasteiger partial charge in [0.1, 0.15) is 0 Å². The van der Waals surface area contributed by atoms with Gasteiger partial charge in [0.2, 0.25) is 0 Å². The van der Waals surface area contributed by atoms with Gasteiger partial charge in [0.15, 0.2) is 0 Å². The van der Waals surface area contributed by atoms with E-state index in [0.29, 0.717) is 0 Å². The minimum atomic E-state index is 1.08. The molecule has 1 heteroatoms. The summed E-state index contributed by atoms with van der Waals surface area (Å²) in [4.78, 5) is 0. The van der Waals surface area contributed by atoms with E-state index in [1.165, 1.54) is 70.6 Å². The number of allylic oxidation sites excluding steroid dienone is 2. The highest BCUT2D eigenvalue weighted by atomic mass is 14.8. The monoisotopic (exact) mass is 252 g/mol. The molecule has 0 aromatic rings. The molecule has 0 aliphatic carbocycles. The Kier molecular flexibility index (Phi) is 16.4. The Morgan fingerprint density at radius 2 is 1.17 bits per heavy atom. The second-order valence-corrected chi connectivity index (χ2v) is 5.19. The lowest BCUT2D eigenvalue weighted by Crippen LogP contribution is -2.07. The van der Waals surface area contributed by atoms with Crippen LogP contribution < -0.4 is 5.32 Å². The third kappa shape index (κ3) is 15.7. The van der Waals surface area contributed by atoms with Crippen LogP contribution in [0, 0.1) is 0 Å². The summed E-state index contributed by atoms with van der Waals surface area (Å²) in [6.07, 6.45) is 19.3. The van der Waals surface area contributed by atoms with Crippen molar-refractivity contribution in [3.63, 3.8) is 0 Å². The first-order valence-corrected chi connectivity index (χ1v) is 8.20. The molecule has 0 aliphatic rings. The lowest BCUT2D eigenvalue weighted by Gasteiger charge is -2.01. The Morgan fingerprint density at radius 3 is 1.89 bits per heavy atom. The Morgan fingerprint density at radius 1 is 0.611 bits per heavy atom. The van der Waals surface area contributed by atoms with Crippen molar-refractivity contribution in [2.75, 3.05) is 13.1 Å². The molecule has 0 fully saturated rings. The summed E-state index contributed by atoms with van der Waals surface area (Å²) in [5, 5.41) is 4.53. The molecule has 0 spiro atoms. The fourth-order valence-corrected chi connectivity index (χ4v) is 1.96. The topological polar surface area (TPSA) is 14.1 Å². The van der Waals surface area contributed by atoms with Gasteiger partial charge in [-0.05, 0) is 32.1 Å². The third-order valence-electron chi connectivity index (χ3n) is 3.25. The van der Waals surface area contributed by atoms with Gasteiger partial charge in [-0.1, -0.05) is 64.5 Å². The summed E-state index contributed by atoms with van der Waals surface area (Å²) < 4.78 is 0. The molecule has 0 N–H and O–H groups in total. The highest BCUT2D eigenvalue weighted by Crippen LogP contribution is 2.06. The van der Waals surface area contributed by atoms with Gasteiger partial charge in [0.05, 0.1) is 0 Å². The van der Waals surface area contributed by atoms with Crippen LogP contribution in [-0.4, -0.2) is 13.1 Å². The van der Waals surface area contributed by atoms with Crippen molar-refractivity contribution >= 4 is 0 Å². The Balaban J connectivity index is 2.96. The maximum atomic E-state index is 4.53. The van der Waals surface area contributed by atoms with Gasteiger partial charge in [-0.2, -0.15) is 0 Å². The van der Waals surface area contributed by atoms with Gasteiger partial charge in [-0.15, -0.1) is 0 Å². The molecule has 0 aromatic heterocycles. The third-order valence-corrected chi connectivity index (χ3v) is 3.25. The van der Waals surface area contributed by atoms with Crippen LogP contribution >= 0.6 is 0 Å². The Hall–Kier alpha value is -0.300. The molecular weight excluding hydrogens is 218 g/mol. The molecule has 1 nitrogen and oxygen atoms in total. The fourth-order valence-electron chi connectivity index (χ4n) is 1.96. The Bertz CT molecular complexity index is 163. The second-order valence-electron chi connectivity index (χ2n) is 5.19. The molecule has 0 unspecified atom stereocenters. The van der Waals surface area contributed by atoms with Gasteiger partial charge < -0.3 is 0 Å². The van der Waals surface area contributed by atoms with Crippen LogP contribution in [0.5, 0.6) is 0 Å². The van der Waals surface area contributed by atoms with Crippen molar-refractivity contribution in [1.82, 2.24) is 5.32 Å². The SMILES string of the molecule is CCCCC=CCCCCCCC[N]CCCC. The minimum absolute atomic E-state index is 1.08. The van der Waals surface area contributed by atoms with Gasteiger partial charge in [0.25, 0.3) is 0 Å². The van der Waals surface area contributed by atoms with E-state index in [-0.39, 0.29) is 0 Å². The van der Waals surface area contributed by atoms with Crippen molar-refractivity contribution in [2.24, 2.45) is 0 Å². The van der Waals surface area contributed by atoms with E-state index < -0.39 is 0 Å². The number of unbranched alkanes of at least 4 members (excludes halogenated alkanes) is 8. The van der Waals surface area contributed by atoms with Gasteiger partial charge in [0, 0.05) is 13.1 Å². The predicted octanol–water partition coefficient (Wildman–Crippen LogP) is 5.48. The van der Waals surface area contributed by atoms with Crippen LogP contribution in [0.3, 0.4) is 0 Å². The van der Waals surface area contributed by atoms with E-state index in [0.717, 1.165) is 13.1 Å². The van der Waals surface area contributed by atoms with Crippen molar-refractivity contribution in [3.8, 4) is 0 Å². The molecule has 0 rings (SSSR count). The standard InChI is InChI=1S/C17H34N/c1-3-5-7-8-9-10-11-12-13-14-15-17-18-16-6-4-2/h8-9H,3-7,10-17H2,1-2H3. The molecule has 107 valence electrons. The molecule has 0 saturated carbocycles. The summed E-state index contributed by atoms with van der Waals surface area (Å²) in [6, 6.07) is 0. The quantitative estimate of drug-likeness (QED) is 0.287. The lowest BCUT2D eigenvalue weighted by atomic mass is 10.1. The highest BCUT2D eigenvalue weighted by Gasteiger charge is 1.91. The largest absolute Gasteiger partial charge is 0.242 e. The maximum Gasteiger partial charge on any atom is 0.0133 e. The lowest BCUT2D eigenvalue weighted by molar-refractivity contribution is 0.560. The molecule has 0 heterocycles. The van der Waals surface area contributed by atoms with E-state index in [2.05, 4.69) is 31.3 Å². The number of rotatable bonds is 14. The summed E-state index contributed by atoms with van der Waals surface area (Å²) in [5.74, 6) is 0. The van der Waals surface area contributed by atoms with Crippen LogP contribution in [0.4, 0.5) is 0 Å². The number of hydrogen-bond donors (Lipinski definition) is 0. The molecular formula is C17H34N. The van der Waals surface area contributed by atoms with Crippen molar-refractivity contribution in [2.45, 2.75) is 84.5 Å². The van der Waals surface area contributed by atoms with Crippen LogP contribution in [0.25, 0.3) is 0 Å². The average Bonchev–Trinajstić information content (AvgIpc) is 2.39. The zero-order valence-corrected chi connectivity index (χ0v) is 12.8. The van der Waals surface area contributed by atoms with Gasteiger partial charge in [-0.25, -0.2) is 5.32 Å². The fraction of sp³-hybridized carbons (Fsp3) is 0.882. The summed E-state index contributed by atoms with van der Waals surface area (Å²) in [6.45, 7) is 6.66.